The number of amides is 1. The predicted molar refractivity (Wildman–Crippen MR) is 111 cm³/mol. The highest BCUT2D eigenvalue weighted by molar-refractivity contribution is 5.96. The van der Waals surface area contributed by atoms with Gasteiger partial charge in [-0.05, 0) is 35.4 Å². The number of para-hydroxylation sites is 2. The molecule has 0 atom stereocenters. The van der Waals surface area contributed by atoms with Crippen molar-refractivity contribution in [2.45, 2.75) is 13.2 Å². The molecule has 3 aromatic carbocycles. The van der Waals surface area contributed by atoms with E-state index in [1.165, 1.54) is 0 Å². The van der Waals surface area contributed by atoms with Crippen molar-refractivity contribution in [1.29, 1.82) is 0 Å². The summed E-state index contributed by atoms with van der Waals surface area (Å²) in [5.74, 6) is 0.338. The average Bonchev–Trinajstić information content (AvgIpc) is 2.76. The minimum Gasteiger partial charge on any atom is -0.489 e. The lowest BCUT2D eigenvalue weighted by Crippen LogP contribution is -2.27. The Morgan fingerprint density at radius 1 is 0.862 bits per heavy atom. The number of carbonyl (C=O) groups is 1. The molecule has 4 rings (SSSR count). The molecule has 0 saturated carbocycles. The molecule has 0 saturated heterocycles. The van der Waals surface area contributed by atoms with Crippen LogP contribution in [-0.4, -0.2) is 5.91 Å². The first-order valence-electron chi connectivity index (χ1n) is 9.26. The summed E-state index contributed by atoms with van der Waals surface area (Å²) < 4.78 is 11.0. The Morgan fingerprint density at radius 2 is 1.62 bits per heavy atom. The van der Waals surface area contributed by atoms with Gasteiger partial charge in [0.2, 0.25) is 0 Å². The van der Waals surface area contributed by atoms with E-state index in [2.05, 4.69) is 5.32 Å². The van der Waals surface area contributed by atoms with Crippen LogP contribution in [0.4, 0.5) is 0 Å². The lowest BCUT2D eigenvalue weighted by Gasteiger charge is -2.09. The topological polar surface area (TPSA) is 68.5 Å². The molecule has 4 aromatic rings. The van der Waals surface area contributed by atoms with Crippen LogP contribution in [0.25, 0.3) is 11.0 Å². The van der Waals surface area contributed by atoms with E-state index in [9.17, 15) is 9.59 Å². The quantitative estimate of drug-likeness (QED) is 0.503. The van der Waals surface area contributed by atoms with Gasteiger partial charge in [0.25, 0.3) is 5.91 Å². The molecule has 1 heterocycles. The highest BCUT2D eigenvalue weighted by Crippen LogP contribution is 2.14. The van der Waals surface area contributed by atoms with E-state index in [0.29, 0.717) is 24.1 Å². The largest absolute Gasteiger partial charge is 0.489 e. The van der Waals surface area contributed by atoms with E-state index in [0.717, 1.165) is 16.9 Å². The van der Waals surface area contributed by atoms with Gasteiger partial charge >= 0.3 is 5.63 Å². The fourth-order valence-electron chi connectivity index (χ4n) is 3.01. The first-order chi connectivity index (χ1) is 14.2. The summed E-state index contributed by atoms with van der Waals surface area (Å²) in [6.07, 6.45) is 0. The van der Waals surface area contributed by atoms with Crippen molar-refractivity contribution >= 4 is 16.9 Å². The molecule has 29 heavy (non-hydrogen) atoms. The number of nitrogens with one attached hydrogen (secondary N) is 1. The highest BCUT2D eigenvalue weighted by atomic mass is 16.5. The highest BCUT2D eigenvalue weighted by Gasteiger charge is 2.13. The van der Waals surface area contributed by atoms with Gasteiger partial charge in [-0.15, -0.1) is 0 Å². The van der Waals surface area contributed by atoms with Crippen LogP contribution in [0.5, 0.6) is 5.75 Å². The Labute approximate surface area is 167 Å². The number of hydrogen-bond donors (Lipinski definition) is 1. The second-order valence-corrected chi connectivity index (χ2v) is 6.59. The number of benzene rings is 3. The molecule has 1 aromatic heterocycles. The number of carbonyl (C=O) groups excluding carboxylic acids is 1. The third-order valence-corrected chi connectivity index (χ3v) is 4.48. The van der Waals surface area contributed by atoms with Crippen LogP contribution in [0.2, 0.25) is 0 Å². The Kier molecular flexibility index (Phi) is 5.38. The standard InChI is InChI=1S/C24H19NO4/c26-23(21-14-19-9-4-5-12-22(19)29-24(21)27)25-15-17-7-6-8-18(13-17)16-28-20-10-2-1-3-11-20/h1-14H,15-16H2,(H,25,26). The fourth-order valence-corrected chi connectivity index (χ4v) is 3.01. The number of hydrogen-bond acceptors (Lipinski definition) is 4. The Balaban J connectivity index is 1.42. The van der Waals surface area contributed by atoms with Crippen molar-refractivity contribution in [2.75, 3.05) is 0 Å². The summed E-state index contributed by atoms with van der Waals surface area (Å²) in [5.41, 5.74) is 1.71. The van der Waals surface area contributed by atoms with Gasteiger partial charge in [-0.3, -0.25) is 4.79 Å². The molecule has 0 aliphatic heterocycles. The van der Waals surface area contributed by atoms with Crippen LogP contribution < -0.4 is 15.7 Å². The van der Waals surface area contributed by atoms with E-state index in [1.54, 1.807) is 24.3 Å². The first-order valence-corrected chi connectivity index (χ1v) is 9.26. The van der Waals surface area contributed by atoms with Gasteiger partial charge < -0.3 is 14.5 Å². The summed E-state index contributed by atoms with van der Waals surface area (Å²) in [5, 5.41) is 3.49. The summed E-state index contributed by atoms with van der Waals surface area (Å²) in [6.45, 7) is 0.727. The van der Waals surface area contributed by atoms with Crippen LogP contribution in [-0.2, 0) is 13.2 Å². The van der Waals surface area contributed by atoms with E-state index < -0.39 is 11.5 Å². The zero-order valence-electron chi connectivity index (χ0n) is 15.6. The Morgan fingerprint density at radius 3 is 2.48 bits per heavy atom. The van der Waals surface area contributed by atoms with Crippen molar-refractivity contribution < 1.29 is 13.9 Å². The van der Waals surface area contributed by atoms with Crippen molar-refractivity contribution in [2.24, 2.45) is 0 Å². The fraction of sp³-hybridized carbons (Fsp3) is 0.0833. The molecule has 144 valence electrons. The molecule has 1 N–H and O–H groups in total. The third kappa shape index (κ3) is 4.52. The molecule has 0 fully saturated rings. The SMILES string of the molecule is O=C(NCc1cccc(COc2ccccc2)c1)c1cc2ccccc2oc1=O. The van der Waals surface area contributed by atoms with E-state index >= 15 is 0 Å². The minimum absolute atomic E-state index is 0.00716. The lowest BCUT2D eigenvalue weighted by atomic mass is 10.1. The van der Waals surface area contributed by atoms with Gasteiger partial charge in [-0.25, -0.2) is 4.79 Å². The summed E-state index contributed by atoms with van der Waals surface area (Å²) in [4.78, 5) is 24.6. The van der Waals surface area contributed by atoms with Crippen LogP contribution >= 0.6 is 0 Å². The van der Waals surface area contributed by atoms with Crippen molar-refractivity contribution in [1.82, 2.24) is 5.32 Å². The molecular formula is C24H19NO4. The Bertz CT molecular complexity index is 1200. The number of rotatable bonds is 6. The van der Waals surface area contributed by atoms with Crippen LogP contribution in [0.1, 0.15) is 21.5 Å². The molecule has 0 unspecified atom stereocenters. The minimum atomic E-state index is -0.647. The molecule has 0 radical (unpaired) electrons. The van der Waals surface area contributed by atoms with Gasteiger partial charge in [-0.2, -0.15) is 0 Å². The molecule has 1 amide bonds. The molecule has 0 spiro atoms. The zero-order chi connectivity index (χ0) is 20.1. The molecule has 5 nitrogen and oxygen atoms in total. The first kappa shape index (κ1) is 18.5. The van der Waals surface area contributed by atoms with E-state index in [4.69, 9.17) is 9.15 Å². The molecule has 0 bridgehead atoms. The van der Waals surface area contributed by atoms with E-state index in [-0.39, 0.29) is 5.56 Å². The van der Waals surface area contributed by atoms with Gasteiger partial charge in [-0.1, -0.05) is 60.7 Å². The summed E-state index contributed by atoms with van der Waals surface area (Å²) >= 11 is 0. The monoisotopic (exact) mass is 385 g/mol. The molecule has 5 heteroatoms. The average molecular weight is 385 g/mol. The number of fused-ring (bicyclic) bond motifs is 1. The van der Waals surface area contributed by atoms with Gasteiger partial charge in [0.15, 0.2) is 0 Å². The molecule has 0 aliphatic rings. The van der Waals surface area contributed by atoms with Crippen LogP contribution in [0.3, 0.4) is 0 Å². The zero-order valence-corrected chi connectivity index (χ0v) is 15.6. The predicted octanol–water partition coefficient (Wildman–Crippen LogP) is 4.30. The number of ether oxygens (including phenoxy) is 1. The summed E-state index contributed by atoms with van der Waals surface area (Å²) in [7, 11) is 0. The van der Waals surface area contributed by atoms with Crippen LogP contribution in [0.15, 0.2) is 94.1 Å². The smallest absolute Gasteiger partial charge is 0.349 e. The maximum Gasteiger partial charge on any atom is 0.349 e. The maximum atomic E-state index is 12.5. The normalized spacial score (nSPS) is 10.6. The van der Waals surface area contributed by atoms with E-state index in [1.807, 2.05) is 60.7 Å². The van der Waals surface area contributed by atoms with Crippen LogP contribution in [0, 0.1) is 0 Å². The second-order valence-electron chi connectivity index (χ2n) is 6.59. The lowest BCUT2D eigenvalue weighted by molar-refractivity contribution is 0.0947. The second kappa shape index (κ2) is 8.44. The van der Waals surface area contributed by atoms with Crippen molar-refractivity contribution in [3.63, 3.8) is 0 Å². The molecule has 0 aliphatic carbocycles. The van der Waals surface area contributed by atoms with Gasteiger partial charge in [0.05, 0.1) is 0 Å². The maximum absolute atomic E-state index is 12.5. The molecular weight excluding hydrogens is 366 g/mol. The van der Waals surface area contributed by atoms with Crippen molar-refractivity contribution in [3.05, 3.63) is 112 Å². The van der Waals surface area contributed by atoms with Crippen molar-refractivity contribution in [3.8, 4) is 5.75 Å². The Hall–Kier alpha value is -3.86. The summed E-state index contributed by atoms with van der Waals surface area (Å²) in [6, 6.07) is 26.0. The third-order valence-electron chi connectivity index (χ3n) is 4.48. The van der Waals surface area contributed by atoms with Gasteiger partial charge in [0.1, 0.15) is 23.5 Å². The van der Waals surface area contributed by atoms with Gasteiger partial charge in [0, 0.05) is 11.9 Å².